The molecule has 0 fully saturated rings. The average Bonchev–Trinajstić information content (AvgIpc) is 2.73. The van der Waals surface area contributed by atoms with Gasteiger partial charge in [-0.15, -0.1) is 0 Å². The minimum atomic E-state index is -4.15. The van der Waals surface area contributed by atoms with Crippen molar-refractivity contribution in [2.45, 2.75) is 59.9 Å². The van der Waals surface area contributed by atoms with Gasteiger partial charge in [0, 0.05) is 0 Å². The molecule has 0 aliphatic rings. The first-order valence-electron chi connectivity index (χ1n) is 11.2. The highest BCUT2D eigenvalue weighted by Crippen LogP contribution is 2.60. The molecule has 0 bridgehead atoms. The van der Waals surface area contributed by atoms with Crippen molar-refractivity contribution >= 4 is 33.3 Å². The van der Waals surface area contributed by atoms with Gasteiger partial charge in [-0.3, -0.25) is 27.7 Å². The Morgan fingerprint density at radius 2 is 1.20 bits per heavy atom. The normalized spacial score (nSPS) is 13.1. The molecule has 0 aliphatic heterocycles. The fourth-order valence-corrected chi connectivity index (χ4v) is 5.76. The molecule has 3 amide bonds. The summed E-state index contributed by atoms with van der Waals surface area (Å²) in [5.41, 5.74) is -0.726. The number of nitrogens with one attached hydrogen (secondary N) is 3. The van der Waals surface area contributed by atoms with Crippen LogP contribution in [-0.2, 0) is 46.1 Å². The second kappa shape index (κ2) is 16.3. The summed E-state index contributed by atoms with van der Waals surface area (Å²) in [5, 5.41) is 6.97. The Bertz CT molecular complexity index is 754. The highest BCUT2D eigenvalue weighted by atomic mass is 31.2. The largest absolute Gasteiger partial charge is 0.475 e. The van der Waals surface area contributed by atoms with E-state index >= 15 is 0 Å². The predicted molar refractivity (Wildman–Crippen MR) is 127 cm³/mol. The lowest BCUT2D eigenvalue weighted by Gasteiger charge is -2.28. The number of amides is 3. The van der Waals surface area contributed by atoms with Crippen LogP contribution in [0.25, 0.3) is 0 Å². The summed E-state index contributed by atoms with van der Waals surface area (Å²) in [4.78, 5) is 35.7. The maximum atomic E-state index is 13.3. The first-order valence-corrected chi connectivity index (χ1v) is 14.3. The van der Waals surface area contributed by atoms with Crippen LogP contribution in [-0.4, -0.2) is 75.4 Å². The zero-order valence-corrected chi connectivity index (χ0v) is 23.2. The van der Waals surface area contributed by atoms with E-state index < -0.39 is 64.4 Å². The average molecular weight is 547 g/mol. The lowest BCUT2D eigenvalue weighted by atomic mass is 10.2. The fourth-order valence-electron chi connectivity index (χ4n) is 2.31. The smallest absolute Gasteiger partial charge is 0.444 e. The summed E-state index contributed by atoms with van der Waals surface area (Å²) >= 11 is 0. The molecule has 0 aliphatic carbocycles. The van der Waals surface area contributed by atoms with E-state index in [4.69, 9.17) is 27.4 Å². The SMILES string of the molecule is CCOP(=O)(OCC)OC(CNC(=O)CNC(=O)CNC(=O)OC(C)(C)C)P(=O)(OCC)OCC. The third-order valence-corrected chi connectivity index (χ3v) is 7.57. The number of carbonyl (C=O) groups is 3. The summed E-state index contributed by atoms with van der Waals surface area (Å²) < 4.78 is 57.2. The topological polar surface area (TPSA) is 177 Å². The first-order chi connectivity index (χ1) is 16.2. The van der Waals surface area contributed by atoms with E-state index in [0.717, 1.165) is 0 Å². The summed E-state index contributed by atoms with van der Waals surface area (Å²) in [7, 11) is -8.17. The van der Waals surface area contributed by atoms with Crippen LogP contribution in [0.5, 0.6) is 0 Å². The molecule has 0 radical (unpaired) electrons. The van der Waals surface area contributed by atoms with Crippen LogP contribution in [0.15, 0.2) is 0 Å². The number of ether oxygens (including phenoxy) is 1. The minimum Gasteiger partial charge on any atom is -0.444 e. The van der Waals surface area contributed by atoms with Gasteiger partial charge in [-0.05, 0) is 48.5 Å². The molecule has 16 heteroatoms. The van der Waals surface area contributed by atoms with Crippen LogP contribution >= 0.6 is 15.4 Å². The zero-order valence-electron chi connectivity index (χ0n) is 21.4. The quantitative estimate of drug-likeness (QED) is 0.228. The van der Waals surface area contributed by atoms with Crippen LogP contribution < -0.4 is 16.0 Å². The van der Waals surface area contributed by atoms with Crippen LogP contribution in [0.3, 0.4) is 0 Å². The van der Waals surface area contributed by atoms with Crippen molar-refractivity contribution in [2.24, 2.45) is 0 Å². The third kappa shape index (κ3) is 14.6. The van der Waals surface area contributed by atoms with Crippen molar-refractivity contribution < 1.29 is 50.9 Å². The number of rotatable bonds is 17. The van der Waals surface area contributed by atoms with Crippen molar-refractivity contribution in [3.63, 3.8) is 0 Å². The maximum Gasteiger partial charge on any atom is 0.475 e. The lowest BCUT2D eigenvalue weighted by Crippen LogP contribution is -2.44. The molecule has 0 saturated carbocycles. The molecule has 0 aromatic heterocycles. The molecule has 1 atom stereocenters. The van der Waals surface area contributed by atoms with Gasteiger partial charge in [0.25, 0.3) is 0 Å². The molecule has 206 valence electrons. The molecule has 14 nitrogen and oxygen atoms in total. The van der Waals surface area contributed by atoms with Gasteiger partial charge in [0.15, 0.2) is 5.85 Å². The molecule has 0 heterocycles. The van der Waals surface area contributed by atoms with Gasteiger partial charge in [0.1, 0.15) is 12.1 Å². The highest BCUT2D eigenvalue weighted by Gasteiger charge is 2.43. The van der Waals surface area contributed by atoms with Crippen LogP contribution in [0.4, 0.5) is 4.79 Å². The summed E-state index contributed by atoms with van der Waals surface area (Å²) in [5.74, 6) is -2.86. The Hall–Kier alpha value is -1.53. The summed E-state index contributed by atoms with van der Waals surface area (Å²) in [6.45, 7) is 9.90. The van der Waals surface area contributed by atoms with Gasteiger partial charge in [-0.1, -0.05) is 0 Å². The number of alkyl carbamates (subject to hydrolysis) is 1. The molecular formula is C19H39N3O11P2. The van der Waals surface area contributed by atoms with Crippen LogP contribution in [0.2, 0.25) is 0 Å². The van der Waals surface area contributed by atoms with E-state index in [-0.39, 0.29) is 26.4 Å². The van der Waals surface area contributed by atoms with E-state index in [1.165, 1.54) is 0 Å². The van der Waals surface area contributed by atoms with Gasteiger partial charge in [0.2, 0.25) is 11.8 Å². The van der Waals surface area contributed by atoms with Gasteiger partial charge >= 0.3 is 21.5 Å². The van der Waals surface area contributed by atoms with Crippen molar-refractivity contribution in [1.29, 1.82) is 0 Å². The van der Waals surface area contributed by atoms with E-state index in [9.17, 15) is 23.5 Å². The summed E-state index contributed by atoms with van der Waals surface area (Å²) in [6.07, 6.45) is -0.785. The van der Waals surface area contributed by atoms with Gasteiger partial charge in [-0.25, -0.2) is 9.36 Å². The number of hydrogen-bond donors (Lipinski definition) is 3. The van der Waals surface area contributed by atoms with Crippen molar-refractivity contribution in [1.82, 2.24) is 16.0 Å². The highest BCUT2D eigenvalue weighted by molar-refractivity contribution is 7.56. The Morgan fingerprint density at radius 3 is 1.66 bits per heavy atom. The third-order valence-electron chi connectivity index (χ3n) is 3.51. The number of phosphoric acid groups is 1. The Balaban J connectivity index is 5.09. The molecule has 0 rings (SSSR count). The molecule has 1 unspecified atom stereocenters. The van der Waals surface area contributed by atoms with Gasteiger partial charge in [-0.2, -0.15) is 0 Å². The van der Waals surface area contributed by atoms with E-state index in [1.807, 2.05) is 0 Å². The molecule has 0 saturated heterocycles. The molecule has 0 aromatic carbocycles. The fraction of sp³-hybridized carbons (Fsp3) is 0.842. The predicted octanol–water partition coefficient (Wildman–Crippen LogP) is 2.53. The zero-order chi connectivity index (χ0) is 27.1. The Kier molecular flexibility index (Phi) is 15.5. The molecule has 3 N–H and O–H groups in total. The van der Waals surface area contributed by atoms with Gasteiger partial charge < -0.3 is 29.7 Å². The van der Waals surface area contributed by atoms with Gasteiger partial charge in [0.05, 0.1) is 39.5 Å². The lowest BCUT2D eigenvalue weighted by molar-refractivity contribution is -0.125. The Morgan fingerprint density at radius 1 is 0.743 bits per heavy atom. The second-order valence-corrected chi connectivity index (χ2v) is 11.4. The minimum absolute atomic E-state index is 0.0145. The molecular weight excluding hydrogens is 508 g/mol. The van der Waals surface area contributed by atoms with Crippen LogP contribution in [0, 0.1) is 0 Å². The van der Waals surface area contributed by atoms with E-state index in [2.05, 4.69) is 16.0 Å². The molecule has 35 heavy (non-hydrogen) atoms. The Labute approximate surface area is 206 Å². The molecule has 0 aromatic rings. The van der Waals surface area contributed by atoms with Crippen LogP contribution in [0.1, 0.15) is 48.5 Å². The van der Waals surface area contributed by atoms with Crippen molar-refractivity contribution in [3.8, 4) is 0 Å². The van der Waals surface area contributed by atoms with Crippen molar-refractivity contribution in [3.05, 3.63) is 0 Å². The number of carbonyl (C=O) groups excluding carboxylic acids is 3. The second-order valence-electron chi connectivity index (χ2n) is 7.65. The monoisotopic (exact) mass is 547 g/mol. The van der Waals surface area contributed by atoms with E-state index in [1.54, 1.807) is 48.5 Å². The number of phosphoric ester groups is 1. The standard InChI is InChI=1S/C19H39N3O11P2/c1-8-28-34(26,29-9-2)17(33-35(27,30-10-3)31-11-4)14-21-15(23)12-20-16(24)13-22-18(25)32-19(5,6)7/h17H,8-14H2,1-7H3,(H,20,24)(H,21,23)(H,22,25). The summed E-state index contributed by atoms with van der Waals surface area (Å²) in [6, 6.07) is 0. The van der Waals surface area contributed by atoms with Crippen molar-refractivity contribution in [2.75, 3.05) is 46.1 Å². The first kappa shape index (κ1) is 33.5. The van der Waals surface area contributed by atoms with E-state index in [0.29, 0.717) is 0 Å². The molecule has 0 spiro atoms. The maximum absolute atomic E-state index is 13.3. The number of hydrogen-bond acceptors (Lipinski definition) is 11.